The van der Waals surface area contributed by atoms with Crippen molar-refractivity contribution < 1.29 is 8.42 Å². The van der Waals surface area contributed by atoms with Gasteiger partial charge in [0.25, 0.3) is 0 Å². The first kappa shape index (κ1) is 13.4. The molecule has 0 radical (unpaired) electrons. The molecule has 1 unspecified atom stereocenters. The fourth-order valence-corrected chi connectivity index (χ4v) is 4.05. The third-order valence-corrected chi connectivity index (χ3v) is 5.37. The zero-order chi connectivity index (χ0) is 13.3. The lowest BCUT2D eigenvalue weighted by molar-refractivity contribution is 0.585. The molecule has 1 heterocycles. The van der Waals surface area contributed by atoms with Crippen molar-refractivity contribution in [1.82, 2.24) is 5.32 Å². The van der Waals surface area contributed by atoms with Gasteiger partial charge in [-0.25, -0.2) is 8.42 Å². The summed E-state index contributed by atoms with van der Waals surface area (Å²) in [6, 6.07) is 5.75. The first-order chi connectivity index (χ1) is 8.43. The maximum absolute atomic E-state index is 12.4. The lowest BCUT2D eigenvalue weighted by Gasteiger charge is -2.29. The van der Waals surface area contributed by atoms with E-state index in [9.17, 15) is 8.42 Å². The van der Waals surface area contributed by atoms with Gasteiger partial charge in [0.05, 0.1) is 17.5 Å². The van der Waals surface area contributed by atoms with Gasteiger partial charge in [-0.3, -0.25) is 4.31 Å². The highest BCUT2D eigenvalue weighted by Crippen LogP contribution is 2.28. The van der Waals surface area contributed by atoms with Crippen molar-refractivity contribution in [2.75, 3.05) is 23.1 Å². The molecule has 0 aliphatic carbocycles. The molecule has 1 aliphatic heterocycles. The van der Waals surface area contributed by atoms with E-state index in [1.807, 2.05) is 39.0 Å². The SMILES string of the molecule is Cc1cccc(N2C(C)CNCCS2(=O)=O)c1C. The van der Waals surface area contributed by atoms with Crippen molar-refractivity contribution in [2.24, 2.45) is 0 Å². The van der Waals surface area contributed by atoms with E-state index in [-0.39, 0.29) is 11.8 Å². The summed E-state index contributed by atoms with van der Waals surface area (Å²) in [6.45, 7) is 7.13. The molecule has 0 amide bonds. The summed E-state index contributed by atoms with van der Waals surface area (Å²) >= 11 is 0. The summed E-state index contributed by atoms with van der Waals surface area (Å²) in [5.41, 5.74) is 2.97. The van der Waals surface area contributed by atoms with Gasteiger partial charge in [-0.15, -0.1) is 0 Å². The summed E-state index contributed by atoms with van der Waals surface area (Å²) in [5.74, 6) is 0.157. The van der Waals surface area contributed by atoms with Crippen LogP contribution >= 0.6 is 0 Å². The molecule has 100 valence electrons. The Morgan fingerprint density at radius 1 is 1.33 bits per heavy atom. The van der Waals surface area contributed by atoms with Crippen LogP contribution in [0.2, 0.25) is 0 Å². The molecule has 0 bridgehead atoms. The van der Waals surface area contributed by atoms with Crippen molar-refractivity contribution in [3.63, 3.8) is 0 Å². The Balaban J connectivity index is 2.54. The van der Waals surface area contributed by atoms with Crippen molar-refractivity contribution in [3.05, 3.63) is 29.3 Å². The van der Waals surface area contributed by atoms with Crippen LogP contribution in [-0.4, -0.2) is 33.3 Å². The first-order valence-corrected chi connectivity index (χ1v) is 7.83. The predicted octanol–water partition coefficient (Wildman–Crippen LogP) is 1.43. The smallest absolute Gasteiger partial charge is 0.236 e. The minimum atomic E-state index is -3.23. The molecule has 5 heteroatoms. The van der Waals surface area contributed by atoms with Gasteiger partial charge in [-0.2, -0.15) is 0 Å². The Morgan fingerprint density at radius 2 is 2.06 bits per heavy atom. The number of aryl methyl sites for hydroxylation is 1. The maximum Gasteiger partial charge on any atom is 0.236 e. The highest BCUT2D eigenvalue weighted by Gasteiger charge is 2.30. The largest absolute Gasteiger partial charge is 0.314 e. The molecule has 0 saturated carbocycles. The summed E-state index contributed by atoms with van der Waals surface area (Å²) in [6.07, 6.45) is 0. The molecule has 2 rings (SSSR count). The van der Waals surface area contributed by atoms with E-state index < -0.39 is 10.0 Å². The average Bonchev–Trinajstić information content (AvgIpc) is 2.42. The summed E-state index contributed by atoms with van der Waals surface area (Å²) in [4.78, 5) is 0. The monoisotopic (exact) mass is 268 g/mol. The number of benzene rings is 1. The summed E-state index contributed by atoms with van der Waals surface area (Å²) in [5, 5.41) is 3.17. The molecule has 0 aromatic heterocycles. The standard InChI is InChI=1S/C13H20N2O2S/c1-10-5-4-6-13(12(10)3)15-11(2)9-14-7-8-18(15,16)17/h4-6,11,14H,7-9H2,1-3H3. The second-order valence-electron chi connectivity index (χ2n) is 4.88. The van der Waals surface area contributed by atoms with Gasteiger partial charge >= 0.3 is 0 Å². The zero-order valence-electron chi connectivity index (χ0n) is 11.1. The maximum atomic E-state index is 12.4. The van der Waals surface area contributed by atoms with E-state index in [1.54, 1.807) is 4.31 Å². The van der Waals surface area contributed by atoms with Gasteiger partial charge in [-0.1, -0.05) is 12.1 Å². The van der Waals surface area contributed by atoms with Gasteiger partial charge in [0.15, 0.2) is 0 Å². The van der Waals surface area contributed by atoms with Crippen LogP contribution in [0.3, 0.4) is 0 Å². The van der Waals surface area contributed by atoms with Crippen LogP contribution < -0.4 is 9.62 Å². The van der Waals surface area contributed by atoms with Crippen molar-refractivity contribution in [2.45, 2.75) is 26.8 Å². The topological polar surface area (TPSA) is 49.4 Å². The Labute approximate surface area is 109 Å². The number of hydrogen-bond donors (Lipinski definition) is 1. The minimum absolute atomic E-state index is 0.0574. The Hall–Kier alpha value is -1.07. The molecule has 1 aromatic carbocycles. The van der Waals surface area contributed by atoms with Crippen LogP contribution in [0.1, 0.15) is 18.1 Å². The van der Waals surface area contributed by atoms with Crippen LogP contribution in [0.15, 0.2) is 18.2 Å². The number of sulfonamides is 1. The van der Waals surface area contributed by atoms with Gasteiger partial charge in [-0.05, 0) is 38.0 Å². The normalized spacial score (nSPS) is 23.7. The summed E-state index contributed by atoms with van der Waals surface area (Å²) in [7, 11) is -3.23. The molecule has 1 aliphatic rings. The second-order valence-corrected chi connectivity index (χ2v) is 6.85. The molecule has 1 aromatic rings. The van der Waals surface area contributed by atoms with Crippen molar-refractivity contribution >= 4 is 15.7 Å². The lowest BCUT2D eigenvalue weighted by Crippen LogP contribution is -2.41. The van der Waals surface area contributed by atoms with Crippen LogP contribution in [0.25, 0.3) is 0 Å². The highest BCUT2D eigenvalue weighted by molar-refractivity contribution is 7.92. The van der Waals surface area contributed by atoms with Gasteiger partial charge < -0.3 is 5.32 Å². The van der Waals surface area contributed by atoms with Crippen LogP contribution in [0, 0.1) is 13.8 Å². The lowest BCUT2D eigenvalue weighted by atomic mass is 10.1. The summed E-state index contributed by atoms with van der Waals surface area (Å²) < 4.78 is 26.3. The number of nitrogens with zero attached hydrogens (tertiary/aromatic N) is 1. The molecule has 18 heavy (non-hydrogen) atoms. The fourth-order valence-electron chi connectivity index (χ4n) is 2.33. The van der Waals surface area contributed by atoms with E-state index in [2.05, 4.69) is 5.32 Å². The van der Waals surface area contributed by atoms with Crippen LogP contribution in [0.4, 0.5) is 5.69 Å². The van der Waals surface area contributed by atoms with E-state index in [0.29, 0.717) is 13.1 Å². The van der Waals surface area contributed by atoms with Crippen molar-refractivity contribution in [3.8, 4) is 0 Å². The quantitative estimate of drug-likeness (QED) is 0.838. The average molecular weight is 268 g/mol. The predicted molar refractivity (Wildman–Crippen MR) is 74.5 cm³/mol. The molecule has 1 atom stereocenters. The van der Waals surface area contributed by atoms with E-state index in [4.69, 9.17) is 0 Å². The van der Waals surface area contributed by atoms with Gasteiger partial charge in [0.2, 0.25) is 10.0 Å². The first-order valence-electron chi connectivity index (χ1n) is 6.22. The molecule has 4 nitrogen and oxygen atoms in total. The van der Waals surface area contributed by atoms with Gasteiger partial charge in [0.1, 0.15) is 0 Å². The van der Waals surface area contributed by atoms with E-state index in [0.717, 1.165) is 16.8 Å². The Bertz CT molecular complexity index is 540. The zero-order valence-corrected chi connectivity index (χ0v) is 11.9. The second kappa shape index (κ2) is 4.90. The van der Waals surface area contributed by atoms with E-state index in [1.165, 1.54) is 0 Å². The Kier molecular flexibility index (Phi) is 3.64. The molecular formula is C13H20N2O2S. The van der Waals surface area contributed by atoms with Gasteiger partial charge in [0, 0.05) is 13.1 Å². The molecular weight excluding hydrogens is 248 g/mol. The minimum Gasteiger partial charge on any atom is -0.314 e. The molecule has 1 fully saturated rings. The molecule has 1 saturated heterocycles. The fraction of sp³-hybridized carbons (Fsp3) is 0.538. The van der Waals surface area contributed by atoms with Crippen molar-refractivity contribution in [1.29, 1.82) is 0 Å². The third kappa shape index (κ3) is 2.37. The third-order valence-electron chi connectivity index (χ3n) is 3.49. The van der Waals surface area contributed by atoms with E-state index >= 15 is 0 Å². The van der Waals surface area contributed by atoms with Crippen LogP contribution in [0.5, 0.6) is 0 Å². The number of nitrogens with one attached hydrogen (secondary N) is 1. The molecule has 1 N–H and O–H groups in total. The Morgan fingerprint density at radius 3 is 2.78 bits per heavy atom. The number of anilines is 1. The number of rotatable bonds is 1. The highest BCUT2D eigenvalue weighted by atomic mass is 32.2. The van der Waals surface area contributed by atoms with Crippen LogP contribution in [-0.2, 0) is 10.0 Å². The molecule has 0 spiro atoms. The number of hydrogen-bond acceptors (Lipinski definition) is 3.